The Morgan fingerprint density at radius 2 is 1.83 bits per heavy atom. The van der Waals surface area contributed by atoms with Gasteiger partial charge in [-0.25, -0.2) is 0 Å². The predicted molar refractivity (Wildman–Crippen MR) is 89.4 cm³/mol. The van der Waals surface area contributed by atoms with Gasteiger partial charge < -0.3 is 9.64 Å². The number of ether oxygens (including phenoxy) is 1. The van der Waals surface area contributed by atoms with Crippen molar-refractivity contribution in [1.82, 2.24) is 4.90 Å². The molecule has 1 heterocycles. The lowest BCUT2D eigenvalue weighted by Gasteiger charge is -2.17. The van der Waals surface area contributed by atoms with E-state index in [2.05, 4.69) is 0 Å². The lowest BCUT2D eigenvalue weighted by molar-refractivity contribution is -0.384. The zero-order valence-corrected chi connectivity index (χ0v) is 13.3. The SMILES string of the molecule is COc1ccc(C2CCN(C(=O)c3ccc([N+](=O)[O-])cc3)C2)cc1. The average molecular weight is 326 g/mol. The number of likely N-dealkylation sites (tertiary alicyclic amines) is 1. The van der Waals surface area contributed by atoms with Gasteiger partial charge in [0, 0.05) is 36.7 Å². The van der Waals surface area contributed by atoms with Gasteiger partial charge in [0.1, 0.15) is 5.75 Å². The number of rotatable bonds is 4. The van der Waals surface area contributed by atoms with Gasteiger partial charge in [-0.15, -0.1) is 0 Å². The van der Waals surface area contributed by atoms with Crippen molar-refractivity contribution in [2.75, 3.05) is 20.2 Å². The Morgan fingerprint density at radius 1 is 1.17 bits per heavy atom. The number of benzene rings is 2. The third-order valence-electron chi connectivity index (χ3n) is 4.39. The molecule has 0 N–H and O–H groups in total. The number of methoxy groups -OCH3 is 1. The van der Waals surface area contributed by atoms with Gasteiger partial charge in [0.15, 0.2) is 0 Å². The fraction of sp³-hybridized carbons (Fsp3) is 0.278. The molecule has 1 aliphatic heterocycles. The minimum atomic E-state index is -0.468. The molecule has 124 valence electrons. The highest BCUT2D eigenvalue weighted by atomic mass is 16.6. The van der Waals surface area contributed by atoms with E-state index in [4.69, 9.17) is 4.74 Å². The lowest BCUT2D eigenvalue weighted by atomic mass is 9.98. The molecule has 0 aliphatic carbocycles. The van der Waals surface area contributed by atoms with Gasteiger partial charge in [0.25, 0.3) is 11.6 Å². The van der Waals surface area contributed by atoms with Crippen LogP contribution >= 0.6 is 0 Å². The van der Waals surface area contributed by atoms with Gasteiger partial charge >= 0.3 is 0 Å². The van der Waals surface area contributed by atoms with Crippen molar-refractivity contribution in [3.63, 3.8) is 0 Å². The minimum absolute atomic E-state index is 0.0101. The molecule has 2 aromatic carbocycles. The average Bonchev–Trinajstić information content (AvgIpc) is 3.11. The number of carbonyl (C=O) groups is 1. The lowest BCUT2D eigenvalue weighted by Crippen LogP contribution is -2.28. The predicted octanol–water partition coefficient (Wildman–Crippen LogP) is 3.23. The number of nitro groups is 1. The topological polar surface area (TPSA) is 72.7 Å². The molecule has 1 unspecified atom stereocenters. The van der Waals surface area contributed by atoms with Crippen LogP contribution in [0, 0.1) is 10.1 Å². The first-order valence-electron chi connectivity index (χ1n) is 7.76. The molecular weight excluding hydrogens is 308 g/mol. The number of amides is 1. The second-order valence-electron chi connectivity index (χ2n) is 5.81. The molecule has 1 fully saturated rings. The smallest absolute Gasteiger partial charge is 0.269 e. The van der Waals surface area contributed by atoms with Crippen molar-refractivity contribution >= 4 is 11.6 Å². The molecule has 1 atom stereocenters. The van der Waals surface area contributed by atoms with Crippen LogP contribution in [0.4, 0.5) is 5.69 Å². The zero-order valence-electron chi connectivity index (χ0n) is 13.3. The van der Waals surface area contributed by atoms with Crippen LogP contribution in [-0.2, 0) is 0 Å². The highest BCUT2D eigenvalue weighted by Crippen LogP contribution is 2.29. The molecule has 0 saturated carbocycles. The Morgan fingerprint density at radius 3 is 2.42 bits per heavy atom. The summed E-state index contributed by atoms with van der Waals surface area (Å²) in [7, 11) is 1.63. The van der Waals surface area contributed by atoms with Crippen LogP contribution in [-0.4, -0.2) is 35.9 Å². The molecule has 1 aliphatic rings. The summed E-state index contributed by atoms with van der Waals surface area (Å²) in [6, 6.07) is 13.7. The Labute approximate surface area is 139 Å². The van der Waals surface area contributed by atoms with Crippen LogP contribution in [0.5, 0.6) is 5.75 Å². The maximum absolute atomic E-state index is 12.5. The highest BCUT2D eigenvalue weighted by Gasteiger charge is 2.28. The molecule has 0 radical (unpaired) electrons. The Bertz CT molecular complexity index is 741. The first-order chi connectivity index (χ1) is 11.6. The highest BCUT2D eigenvalue weighted by molar-refractivity contribution is 5.94. The summed E-state index contributed by atoms with van der Waals surface area (Å²) < 4.78 is 5.16. The summed E-state index contributed by atoms with van der Waals surface area (Å²) in [5.74, 6) is 1.04. The maximum atomic E-state index is 12.5. The summed E-state index contributed by atoms with van der Waals surface area (Å²) in [6.45, 7) is 1.34. The van der Waals surface area contributed by atoms with Crippen molar-refractivity contribution in [3.8, 4) is 5.75 Å². The van der Waals surface area contributed by atoms with Gasteiger partial charge in [0.2, 0.25) is 0 Å². The number of nitro benzene ring substituents is 1. The van der Waals surface area contributed by atoms with Crippen molar-refractivity contribution in [2.24, 2.45) is 0 Å². The standard InChI is InChI=1S/C18H18N2O4/c1-24-17-8-4-13(5-9-17)15-10-11-19(12-15)18(21)14-2-6-16(7-3-14)20(22)23/h2-9,15H,10-12H2,1H3. The summed E-state index contributed by atoms with van der Waals surface area (Å²) in [5.41, 5.74) is 1.66. The number of carbonyl (C=O) groups excluding carboxylic acids is 1. The molecule has 0 bridgehead atoms. The molecule has 24 heavy (non-hydrogen) atoms. The third-order valence-corrected chi connectivity index (χ3v) is 4.39. The van der Waals surface area contributed by atoms with E-state index in [9.17, 15) is 14.9 Å². The molecule has 3 rings (SSSR count). The van der Waals surface area contributed by atoms with Gasteiger partial charge in [-0.2, -0.15) is 0 Å². The third kappa shape index (κ3) is 3.22. The summed E-state index contributed by atoms with van der Waals surface area (Å²) in [5, 5.41) is 10.7. The zero-order chi connectivity index (χ0) is 17.1. The van der Waals surface area contributed by atoms with E-state index >= 15 is 0 Å². The van der Waals surface area contributed by atoms with E-state index in [1.165, 1.54) is 29.8 Å². The molecule has 1 saturated heterocycles. The molecule has 1 amide bonds. The Balaban J connectivity index is 1.67. The van der Waals surface area contributed by atoms with Crippen molar-refractivity contribution in [2.45, 2.75) is 12.3 Å². The number of nitrogens with zero attached hydrogens (tertiary/aromatic N) is 2. The number of hydrogen-bond acceptors (Lipinski definition) is 4. The molecule has 2 aromatic rings. The van der Waals surface area contributed by atoms with Crippen LogP contribution in [0.1, 0.15) is 28.3 Å². The van der Waals surface area contributed by atoms with E-state index in [1.54, 1.807) is 12.0 Å². The fourth-order valence-electron chi connectivity index (χ4n) is 3.00. The van der Waals surface area contributed by atoms with E-state index < -0.39 is 4.92 Å². The number of hydrogen-bond donors (Lipinski definition) is 0. The maximum Gasteiger partial charge on any atom is 0.269 e. The first-order valence-corrected chi connectivity index (χ1v) is 7.76. The van der Waals surface area contributed by atoms with E-state index in [1.807, 2.05) is 24.3 Å². The minimum Gasteiger partial charge on any atom is -0.497 e. The first kappa shape index (κ1) is 16.0. The van der Waals surface area contributed by atoms with Crippen LogP contribution < -0.4 is 4.74 Å². The van der Waals surface area contributed by atoms with Crippen molar-refractivity contribution in [3.05, 3.63) is 69.8 Å². The van der Waals surface area contributed by atoms with Gasteiger partial charge in [-0.3, -0.25) is 14.9 Å². The molecule has 0 aromatic heterocycles. The van der Waals surface area contributed by atoms with Crippen LogP contribution in [0.3, 0.4) is 0 Å². The quantitative estimate of drug-likeness (QED) is 0.639. The van der Waals surface area contributed by atoms with Crippen LogP contribution in [0.2, 0.25) is 0 Å². The number of non-ortho nitro benzene ring substituents is 1. The van der Waals surface area contributed by atoms with Crippen LogP contribution in [0.25, 0.3) is 0 Å². The molecule has 6 heteroatoms. The normalized spacial score (nSPS) is 16.9. The van der Waals surface area contributed by atoms with Crippen molar-refractivity contribution in [1.29, 1.82) is 0 Å². The second kappa shape index (κ2) is 6.70. The van der Waals surface area contributed by atoms with E-state index in [0.717, 1.165) is 12.2 Å². The Kier molecular flexibility index (Phi) is 4.46. The molecule has 6 nitrogen and oxygen atoms in total. The van der Waals surface area contributed by atoms with Gasteiger partial charge in [-0.1, -0.05) is 12.1 Å². The summed E-state index contributed by atoms with van der Waals surface area (Å²) in [4.78, 5) is 24.6. The summed E-state index contributed by atoms with van der Waals surface area (Å²) >= 11 is 0. The van der Waals surface area contributed by atoms with E-state index in [-0.39, 0.29) is 11.6 Å². The van der Waals surface area contributed by atoms with Crippen LogP contribution in [0.15, 0.2) is 48.5 Å². The van der Waals surface area contributed by atoms with Gasteiger partial charge in [0.05, 0.1) is 12.0 Å². The molecule has 0 spiro atoms. The van der Waals surface area contributed by atoms with Crippen molar-refractivity contribution < 1.29 is 14.5 Å². The Hall–Kier alpha value is -2.89. The fourth-order valence-corrected chi connectivity index (χ4v) is 3.00. The largest absolute Gasteiger partial charge is 0.497 e. The summed E-state index contributed by atoms with van der Waals surface area (Å²) in [6.07, 6.45) is 0.908. The van der Waals surface area contributed by atoms with E-state index in [0.29, 0.717) is 24.6 Å². The van der Waals surface area contributed by atoms with Gasteiger partial charge in [-0.05, 0) is 36.2 Å². The second-order valence-corrected chi connectivity index (χ2v) is 5.81. The monoisotopic (exact) mass is 326 g/mol. The molecular formula is C18H18N2O4.